The highest BCUT2D eigenvalue weighted by Gasteiger charge is 2.44. The predicted molar refractivity (Wildman–Crippen MR) is 68.0 cm³/mol. The number of alkyl halides is 2. The molecule has 0 aliphatic heterocycles. The molecule has 0 heterocycles. The molecule has 0 aromatic rings. The fourth-order valence-corrected chi connectivity index (χ4v) is 1.88. The number of ketones is 1. The largest absolute Gasteiger partial charge is 0.463 e. The van der Waals surface area contributed by atoms with Crippen LogP contribution in [-0.4, -0.2) is 29.4 Å². The maximum atomic E-state index is 14.2. The first-order valence-corrected chi connectivity index (χ1v) is 7.04. The normalized spacial score (nSPS) is 14.1. The Morgan fingerprint density at radius 3 is 2.29 bits per heavy atom. The first-order chi connectivity index (χ1) is 7.99. The van der Waals surface area contributed by atoms with Gasteiger partial charge in [-0.25, -0.2) is 9.18 Å². The fraction of sp³-hybridized carbons (Fsp3) is 0.833. The molecule has 1 unspecified atom stereocenters. The number of esters is 1. The van der Waals surface area contributed by atoms with E-state index in [4.69, 9.17) is 0 Å². The van der Waals surface area contributed by atoms with Gasteiger partial charge in [-0.05, 0) is 33.1 Å². The van der Waals surface area contributed by atoms with E-state index in [0.717, 1.165) is 31.5 Å². The van der Waals surface area contributed by atoms with Crippen molar-refractivity contribution in [1.29, 1.82) is 0 Å². The molecule has 100 valence electrons. The van der Waals surface area contributed by atoms with Crippen LogP contribution in [0.25, 0.3) is 0 Å². The van der Waals surface area contributed by atoms with E-state index in [1.54, 1.807) is 6.92 Å². The molecule has 0 fully saturated rings. The molecule has 0 radical (unpaired) electrons. The van der Waals surface area contributed by atoms with Crippen LogP contribution in [0, 0.1) is 0 Å². The van der Waals surface area contributed by atoms with Gasteiger partial charge in [-0.2, -0.15) is 0 Å². The summed E-state index contributed by atoms with van der Waals surface area (Å²) in [6, 6.07) is 0. The highest BCUT2D eigenvalue weighted by molar-refractivity contribution is 9.09. The highest BCUT2D eigenvalue weighted by atomic mass is 79.9. The molecule has 0 amide bonds. The monoisotopic (exact) mass is 310 g/mol. The number of ether oxygens (including phenoxy) is 1. The topological polar surface area (TPSA) is 43.4 Å². The second-order valence-electron chi connectivity index (χ2n) is 3.93. The van der Waals surface area contributed by atoms with Gasteiger partial charge < -0.3 is 4.74 Å². The molecule has 0 aromatic carbocycles. The third kappa shape index (κ3) is 5.61. The first-order valence-electron chi connectivity index (χ1n) is 5.92. The SMILES string of the molecule is CCOC(=O)C(F)(CCCCCCBr)C(C)=O. The van der Waals surface area contributed by atoms with Crippen LogP contribution in [0.5, 0.6) is 0 Å². The van der Waals surface area contributed by atoms with Crippen LogP contribution in [-0.2, 0) is 14.3 Å². The molecule has 3 nitrogen and oxygen atoms in total. The Morgan fingerprint density at radius 2 is 1.82 bits per heavy atom. The number of hydrogen-bond acceptors (Lipinski definition) is 3. The summed E-state index contributed by atoms with van der Waals surface area (Å²) in [6.07, 6.45) is 3.22. The zero-order chi connectivity index (χ0) is 13.3. The van der Waals surface area contributed by atoms with Crippen molar-refractivity contribution in [3.63, 3.8) is 0 Å². The Labute approximate surface area is 110 Å². The highest BCUT2D eigenvalue weighted by Crippen LogP contribution is 2.23. The summed E-state index contributed by atoms with van der Waals surface area (Å²) in [7, 11) is 0. The van der Waals surface area contributed by atoms with Gasteiger partial charge in [0.05, 0.1) is 6.61 Å². The molecular formula is C12H20BrFO3. The second-order valence-corrected chi connectivity index (χ2v) is 4.72. The minimum Gasteiger partial charge on any atom is -0.463 e. The van der Waals surface area contributed by atoms with Crippen LogP contribution in [0.1, 0.15) is 46.0 Å². The van der Waals surface area contributed by atoms with E-state index in [1.807, 2.05) is 0 Å². The Bertz CT molecular complexity index is 258. The van der Waals surface area contributed by atoms with Crippen molar-refractivity contribution in [1.82, 2.24) is 0 Å². The van der Waals surface area contributed by atoms with Crippen LogP contribution in [0.3, 0.4) is 0 Å². The summed E-state index contributed by atoms with van der Waals surface area (Å²) in [4.78, 5) is 22.6. The lowest BCUT2D eigenvalue weighted by molar-refractivity contribution is -0.162. The molecule has 0 aliphatic carbocycles. The smallest absolute Gasteiger partial charge is 0.351 e. The molecular weight excluding hydrogens is 291 g/mol. The van der Waals surface area contributed by atoms with Crippen molar-refractivity contribution in [2.45, 2.75) is 51.6 Å². The summed E-state index contributed by atoms with van der Waals surface area (Å²) in [5.41, 5.74) is -2.45. The zero-order valence-corrected chi connectivity index (χ0v) is 12.0. The maximum Gasteiger partial charge on any atom is 0.351 e. The molecule has 17 heavy (non-hydrogen) atoms. The number of carbonyl (C=O) groups excluding carboxylic acids is 2. The van der Waals surface area contributed by atoms with Crippen LogP contribution in [0.4, 0.5) is 4.39 Å². The molecule has 5 heteroatoms. The van der Waals surface area contributed by atoms with Crippen molar-refractivity contribution in [3.8, 4) is 0 Å². The number of hydrogen-bond donors (Lipinski definition) is 0. The van der Waals surface area contributed by atoms with Gasteiger partial charge in [0.15, 0.2) is 5.78 Å². The Morgan fingerprint density at radius 1 is 1.24 bits per heavy atom. The van der Waals surface area contributed by atoms with Crippen molar-refractivity contribution in [2.24, 2.45) is 0 Å². The number of rotatable bonds is 9. The van der Waals surface area contributed by atoms with E-state index in [1.165, 1.54) is 0 Å². The van der Waals surface area contributed by atoms with Gasteiger partial charge >= 0.3 is 5.97 Å². The van der Waals surface area contributed by atoms with Crippen LogP contribution < -0.4 is 0 Å². The number of carbonyl (C=O) groups is 2. The van der Waals surface area contributed by atoms with Crippen molar-refractivity contribution in [3.05, 3.63) is 0 Å². The van der Waals surface area contributed by atoms with Crippen LogP contribution in [0.2, 0.25) is 0 Å². The van der Waals surface area contributed by atoms with Crippen molar-refractivity contribution < 1.29 is 18.7 Å². The molecule has 0 rings (SSSR count). The average molecular weight is 311 g/mol. The van der Waals surface area contributed by atoms with Gasteiger partial charge in [0.25, 0.3) is 5.67 Å². The van der Waals surface area contributed by atoms with Crippen molar-refractivity contribution >= 4 is 27.7 Å². The van der Waals surface area contributed by atoms with Gasteiger partial charge in [-0.15, -0.1) is 0 Å². The fourth-order valence-electron chi connectivity index (χ4n) is 1.48. The maximum absolute atomic E-state index is 14.2. The molecule has 1 atom stereocenters. The standard InChI is InChI=1S/C12H20BrFO3/c1-3-17-11(16)12(14,10(2)15)8-6-4-5-7-9-13/h3-9H2,1-2H3. The molecule has 0 aromatic heterocycles. The van der Waals surface area contributed by atoms with Crippen LogP contribution >= 0.6 is 15.9 Å². The lowest BCUT2D eigenvalue weighted by atomic mass is 9.94. The molecule has 0 N–H and O–H groups in total. The average Bonchev–Trinajstić information content (AvgIpc) is 2.28. The van der Waals surface area contributed by atoms with E-state index in [-0.39, 0.29) is 13.0 Å². The minimum absolute atomic E-state index is 0.0799. The summed E-state index contributed by atoms with van der Waals surface area (Å²) < 4.78 is 18.8. The lowest BCUT2D eigenvalue weighted by Crippen LogP contribution is -2.42. The lowest BCUT2D eigenvalue weighted by Gasteiger charge is -2.20. The molecule has 0 saturated heterocycles. The van der Waals surface area contributed by atoms with E-state index in [0.29, 0.717) is 6.42 Å². The molecule has 0 spiro atoms. The van der Waals surface area contributed by atoms with Gasteiger partial charge in [-0.3, -0.25) is 4.79 Å². The summed E-state index contributed by atoms with van der Waals surface area (Å²) >= 11 is 3.31. The number of unbranched alkanes of at least 4 members (excludes halogenated alkanes) is 3. The Balaban J connectivity index is 4.22. The Hall–Kier alpha value is -0.450. The van der Waals surface area contributed by atoms with Crippen LogP contribution in [0.15, 0.2) is 0 Å². The molecule has 0 saturated carbocycles. The third-order valence-electron chi connectivity index (χ3n) is 2.56. The zero-order valence-electron chi connectivity index (χ0n) is 10.4. The Kier molecular flexibility index (Phi) is 8.39. The predicted octanol–water partition coefficient (Wildman–Crippen LogP) is 3.19. The quantitative estimate of drug-likeness (QED) is 0.284. The summed E-state index contributed by atoms with van der Waals surface area (Å²) in [5, 5.41) is 0.915. The number of halogens is 2. The van der Waals surface area contributed by atoms with Gasteiger partial charge in [0.2, 0.25) is 0 Å². The van der Waals surface area contributed by atoms with E-state index in [2.05, 4.69) is 20.7 Å². The molecule has 0 aliphatic rings. The summed E-state index contributed by atoms with van der Waals surface area (Å²) in [6.45, 7) is 2.77. The van der Waals surface area contributed by atoms with E-state index >= 15 is 0 Å². The van der Waals surface area contributed by atoms with E-state index < -0.39 is 17.4 Å². The third-order valence-corrected chi connectivity index (χ3v) is 3.12. The minimum atomic E-state index is -2.45. The number of Topliss-reactive ketones (excluding diaryl/α,β-unsaturated/α-hetero) is 1. The molecule has 0 bridgehead atoms. The van der Waals surface area contributed by atoms with Gasteiger partial charge in [0, 0.05) is 5.33 Å². The van der Waals surface area contributed by atoms with Crippen molar-refractivity contribution in [2.75, 3.05) is 11.9 Å². The summed E-state index contributed by atoms with van der Waals surface area (Å²) in [5.74, 6) is -1.82. The van der Waals surface area contributed by atoms with Gasteiger partial charge in [0.1, 0.15) is 0 Å². The van der Waals surface area contributed by atoms with E-state index in [9.17, 15) is 14.0 Å². The first kappa shape index (κ1) is 16.6. The second kappa shape index (κ2) is 8.61. The van der Waals surface area contributed by atoms with Gasteiger partial charge in [-0.1, -0.05) is 28.8 Å².